The standard InChI is InChI=1S/C22H30N6O3/c1-26-14-24-25-19(26)7-8-23-22(30)21-16-10-15(18-5-2-6-20(29)28(18)21)11-27(12-16)13-17-4-3-9-31-17/h3-4,9,14-16,18,21H,2,5-8,10-13H2,1H3,(H,23,30)/t15-,16+,18-,21+/m0/s1. The average Bonchev–Trinajstić information content (AvgIpc) is 3.41. The van der Waals surface area contributed by atoms with E-state index in [4.69, 9.17) is 4.42 Å². The number of hydrogen-bond donors (Lipinski definition) is 1. The van der Waals surface area contributed by atoms with E-state index >= 15 is 0 Å². The van der Waals surface area contributed by atoms with Gasteiger partial charge in [0, 0.05) is 51.5 Å². The van der Waals surface area contributed by atoms with Crippen LogP contribution in [0, 0.1) is 11.8 Å². The monoisotopic (exact) mass is 426 g/mol. The maximum atomic E-state index is 13.4. The van der Waals surface area contributed by atoms with Gasteiger partial charge in [-0.05, 0) is 37.3 Å². The van der Waals surface area contributed by atoms with Crippen LogP contribution in [0.1, 0.15) is 37.3 Å². The number of likely N-dealkylation sites (tertiary alicyclic amines) is 1. The van der Waals surface area contributed by atoms with Gasteiger partial charge in [-0.3, -0.25) is 14.5 Å². The molecule has 9 nitrogen and oxygen atoms in total. The van der Waals surface area contributed by atoms with Crippen molar-refractivity contribution in [2.45, 2.75) is 50.7 Å². The number of piperidine rings is 3. The van der Waals surface area contributed by atoms with Gasteiger partial charge < -0.3 is 19.2 Å². The van der Waals surface area contributed by atoms with Crippen LogP contribution in [0.25, 0.3) is 0 Å². The van der Waals surface area contributed by atoms with Crippen molar-refractivity contribution in [3.8, 4) is 0 Å². The number of fused-ring (bicyclic) bond motifs is 4. The Kier molecular flexibility index (Phi) is 5.52. The van der Waals surface area contributed by atoms with Crippen molar-refractivity contribution in [1.82, 2.24) is 29.9 Å². The third-order valence-electron chi connectivity index (χ3n) is 7.10. The second-order valence-electron chi connectivity index (χ2n) is 9.13. The van der Waals surface area contributed by atoms with Gasteiger partial charge in [0.1, 0.15) is 24.0 Å². The molecule has 0 aliphatic carbocycles. The molecule has 2 aromatic heterocycles. The molecule has 5 heterocycles. The fraction of sp³-hybridized carbons (Fsp3) is 0.636. The van der Waals surface area contributed by atoms with Gasteiger partial charge >= 0.3 is 0 Å². The number of hydrogen-bond acceptors (Lipinski definition) is 6. The smallest absolute Gasteiger partial charge is 0.243 e. The fourth-order valence-corrected chi connectivity index (χ4v) is 5.78. The minimum absolute atomic E-state index is 0.0364. The molecular formula is C22H30N6O3. The van der Waals surface area contributed by atoms with Crippen LogP contribution in [0.15, 0.2) is 29.1 Å². The molecule has 0 radical (unpaired) electrons. The maximum absolute atomic E-state index is 13.4. The van der Waals surface area contributed by atoms with Crippen molar-refractivity contribution >= 4 is 11.8 Å². The highest BCUT2D eigenvalue weighted by Crippen LogP contribution is 2.42. The number of nitrogens with one attached hydrogen (secondary N) is 1. The molecule has 3 aliphatic rings. The minimum atomic E-state index is -0.395. The Hall–Kier alpha value is -2.68. The molecule has 5 rings (SSSR count). The van der Waals surface area contributed by atoms with E-state index in [2.05, 4.69) is 20.4 Å². The molecule has 3 saturated heterocycles. The zero-order valence-electron chi connectivity index (χ0n) is 17.9. The summed E-state index contributed by atoms with van der Waals surface area (Å²) in [6.07, 6.45) is 7.43. The van der Waals surface area contributed by atoms with Gasteiger partial charge in [0.05, 0.1) is 12.8 Å². The summed E-state index contributed by atoms with van der Waals surface area (Å²) in [6.45, 7) is 2.99. The van der Waals surface area contributed by atoms with E-state index in [0.717, 1.165) is 50.5 Å². The first-order valence-electron chi connectivity index (χ1n) is 11.3. The summed E-state index contributed by atoms with van der Waals surface area (Å²) in [7, 11) is 1.89. The van der Waals surface area contributed by atoms with Crippen LogP contribution in [0.5, 0.6) is 0 Å². The Morgan fingerprint density at radius 3 is 2.97 bits per heavy atom. The van der Waals surface area contributed by atoms with Gasteiger partial charge in [0.25, 0.3) is 0 Å². The molecule has 2 aromatic rings. The van der Waals surface area contributed by atoms with Crippen molar-refractivity contribution in [3.63, 3.8) is 0 Å². The van der Waals surface area contributed by atoms with Crippen LogP contribution >= 0.6 is 0 Å². The van der Waals surface area contributed by atoms with E-state index in [9.17, 15) is 9.59 Å². The van der Waals surface area contributed by atoms with Gasteiger partial charge in [0.2, 0.25) is 11.8 Å². The summed E-state index contributed by atoms with van der Waals surface area (Å²) in [5, 5.41) is 11.1. The SMILES string of the molecule is Cn1cnnc1CCNC(=O)[C@H]1[C@@H]2C[C@@H](CN(Cc3ccco3)C2)[C@@H]2CCCC(=O)N21. The summed E-state index contributed by atoms with van der Waals surface area (Å²) in [4.78, 5) is 30.6. The lowest BCUT2D eigenvalue weighted by molar-refractivity contribution is -0.160. The molecule has 9 heteroatoms. The molecule has 3 fully saturated rings. The lowest BCUT2D eigenvalue weighted by Gasteiger charge is -2.55. The Labute approximate surface area is 181 Å². The fourth-order valence-electron chi connectivity index (χ4n) is 5.78. The summed E-state index contributed by atoms with van der Waals surface area (Å²) < 4.78 is 7.41. The van der Waals surface area contributed by atoms with Gasteiger partial charge in [-0.2, -0.15) is 0 Å². The summed E-state index contributed by atoms with van der Waals surface area (Å²) in [5.41, 5.74) is 0. The molecule has 0 unspecified atom stereocenters. The summed E-state index contributed by atoms with van der Waals surface area (Å²) in [6, 6.07) is 3.67. The quantitative estimate of drug-likeness (QED) is 0.739. The minimum Gasteiger partial charge on any atom is -0.468 e. The van der Waals surface area contributed by atoms with E-state index in [0.29, 0.717) is 25.3 Å². The molecule has 0 saturated carbocycles. The molecule has 31 heavy (non-hydrogen) atoms. The van der Waals surface area contributed by atoms with Crippen LogP contribution in [0.4, 0.5) is 0 Å². The van der Waals surface area contributed by atoms with Crippen LogP contribution in [-0.2, 0) is 29.6 Å². The van der Waals surface area contributed by atoms with Crippen LogP contribution in [0.2, 0.25) is 0 Å². The molecule has 4 atom stereocenters. The van der Waals surface area contributed by atoms with Crippen molar-refractivity contribution in [1.29, 1.82) is 0 Å². The summed E-state index contributed by atoms with van der Waals surface area (Å²) in [5.74, 6) is 2.44. The molecule has 3 aliphatic heterocycles. The number of aryl methyl sites for hydroxylation is 1. The van der Waals surface area contributed by atoms with Gasteiger partial charge in [-0.1, -0.05) is 0 Å². The largest absolute Gasteiger partial charge is 0.468 e. The predicted molar refractivity (Wildman–Crippen MR) is 112 cm³/mol. The van der Waals surface area contributed by atoms with Crippen molar-refractivity contribution in [2.75, 3.05) is 19.6 Å². The molecular weight excluding hydrogens is 396 g/mol. The number of carbonyl (C=O) groups is 2. The van der Waals surface area contributed by atoms with Crippen molar-refractivity contribution in [3.05, 3.63) is 36.3 Å². The predicted octanol–water partition coefficient (Wildman–Crippen LogP) is 0.968. The molecule has 0 aromatic carbocycles. The van der Waals surface area contributed by atoms with E-state index in [1.807, 2.05) is 28.6 Å². The highest BCUT2D eigenvalue weighted by Gasteiger charge is 2.51. The number of amides is 2. The van der Waals surface area contributed by atoms with Crippen LogP contribution in [0.3, 0.4) is 0 Å². The van der Waals surface area contributed by atoms with Gasteiger partial charge in [-0.25, -0.2) is 0 Å². The highest BCUT2D eigenvalue weighted by molar-refractivity contribution is 5.89. The van der Waals surface area contributed by atoms with Gasteiger partial charge in [-0.15, -0.1) is 10.2 Å². The molecule has 2 bridgehead atoms. The first kappa shape index (κ1) is 20.2. The normalized spacial score (nSPS) is 28.4. The zero-order valence-corrected chi connectivity index (χ0v) is 17.9. The maximum Gasteiger partial charge on any atom is 0.243 e. The second kappa shape index (κ2) is 8.45. The van der Waals surface area contributed by atoms with Crippen LogP contribution < -0.4 is 5.32 Å². The molecule has 166 valence electrons. The number of furan rings is 1. The van der Waals surface area contributed by atoms with E-state index in [1.54, 1.807) is 12.6 Å². The van der Waals surface area contributed by atoms with E-state index < -0.39 is 6.04 Å². The average molecular weight is 427 g/mol. The highest BCUT2D eigenvalue weighted by atomic mass is 16.3. The third kappa shape index (κ3) is 3.98. The Morgan fingerprint density at radius 1 is 1.32 bits per heavy atom. The second-order valence-corrected chi connectivity index (χ2v) is 9.13. The van der Waals surface area contributed by atoms with Crippen molar-refractivity contribution < 1.29 is 14.0 Å². The van der Waals surface area contributed by atoms with E-state index in [-0.39, 0.29) is 23.8 Å². The Bertz CT molecular complexity index is 926. The van der Waals surface area contributed by atoms with E-state index in [1.165, 1.54) is 0 Å². The number of carbonyl (C=O) groups excluding carboxylic acids is 2. The number of aromatic nitrogens is 3. The first-order chi connectivity index (χ1) is 15.1. The Morgan fingerprint density at radius 2 is 2.19 bits per heavy atom. The molecule has 2 amide bonds. The Balaban J connectivity index is 1.31. The third-order valence-corrected chi connectivity index (χ3v) is 7.10. The molecule has 0 spiro atoms. The van der Waals surface area contributed by atoms with Crippen LogP contribution in [-0.4, -0.2) is 68.1 Å². The number of nitrogens with zero attached hydrogens (tertiary/aromatic N) is 5. The lowest BCUT2D eigenvalue weighted by Crippen LogP contribution is -2.68. The first-order valence-corrected chi connectivity index (χ1v) is 11.3. The summed E-state index contributed by atoms with van der Waals surface area (Å²) >= 11 is 0. The zero-order chi connectivity index (χ0) is 21.4. The molecule has 1 N–H and O–H groups in total. The number of rotatable bonds is 6. The lowest BCUT2D eigenvalue weighted by atomic mass is 9.71. The van der Waals surface area contributed by atoms with Gasteiger partial charge in [0.15, 0.2) is 0 Å². The van der Waals surface area contributed by atoms with Crippen molar-refractivity contribution in [2.24, 2.45) is 18.9 Å². The topological polar surface area (TPSA) is 96.5 Å².